The molecular formula is C24H33N3O3S. The number of carbonyl (C=O) groups is 1. The van der Waals surface area contributed by atoms with Crippen LogP contribution in [0.25, 0.3) is 0 Å². The molecule has 0 unspecified atom stereocenters. The second kappa shape index (κ2) is 8.19. The van der Waals surface area contributed by atoms with Gasteiger partial charge in [0.2, 0.25) is 10.0 Å². The topological polar surface area (TPSA) is 62.6 Å². The monoisotopic (exact) mass is 443 g/mol. The van der Waals surface area contributed by atoms with Gasteiger partial charge in [0.1, 0.15) is 0 Å². The summed E-state index contributed by atoms with van der Waals surface area (Å²) in [7, 11) is -3.54. The van der Waals surface area contributed by atoms with Crippen molar-refractivity contribution >= 4 is 15.8 Å². The van der Waals surface area contributed by atoms with E-state index in [1.54, 1.807) is 4.31 Å². The maximum Gasteiger partial charge on any atom is 0.243 e. The molecule has 0 bridgehead atoms. The number of carbonyl (C=O) groups excluding carboxylic acids is 1. The molecule has 1 saturated heterocycles. The lowest BCUT2D eigenvalue weighted by Crippen LogP contribution is -2.50. The number of aromatic nitrogens is 1. The lowest BCUT2D eigenvalue weighted by Gasteiger charge is -2.34. The number of rotatable bonds is 6. The lowest BCUT2D eigenvalue weighted by molar-refractivity contribution is 0.0901. The largest absolute Gasteiger partial charge is 0.345 e. The fraction of sp³-hybridized carbons (Fsp3) is 0.542. The maximum atomic E-state index is 13.3. The zero-order valence-corrected chi connectivity index (χ0v) is 20.1. The predicted molar refractivity (Wildman–Crippen MR) is 122 cm³/mol. The summed E-state index contributed by atoms with van der Waals surface area (Å²) in [5.74, 6) is 0.126. The molecule has 1 aliphatic carbocycles. The van der Waals surface area contributed by atoms with Gasteiger partial charge in [-0.2, -0.15) is 4.31 Å². The van der Waals surface area contributed by atoms with Crippen LogP contribution in [0.2, 0.25) is 0 Å². The van der Waals surface area contributed by atoms with Gasteiger partial charge in [-0.15, -0.1) is 0 Å². The number of ketones is 1. The molecule has 1 aromatic carbocycles. The van der Waals surface area contributed by atoms with Gasteiger partial charge >= 0.3 is 0 Å². The first-order valence-electron chi connectivity index (χ1n) is 11.1. The Morgan fingerprint density at radius 1 is 0.935 bits per heavy atom. The van der Waals surface area contributed by atoms with Gasteiger partial charge in [-0.05, 0) is 64.7 Å². The zero-order chi connectivity index (χ0) is 22.5. The van der Waals surface area contributed by atoms with Gasteiger partial charge in [-0.25, -0.2) is 8.42 Å². The molecule has 31 heavy (non-hydrogen) atoms. The molecule has 7 heteroatoms. The first kappa shape index (κ1) is 22.2. The van der Waals surface area contributed by atoms with Crippen molar-refractivity contribution in [3.63, 3.8) is 0 Å². The number of nitrogens with zero attached hydrogens (tertiary/aromatic N) is 3. The van der Waals surface area contributed by atoms with Crippen molar-refractivity contribution in [3.05, 3.63) is 51.8 Å². The van der Waals surface area contributed by atoms with Crippen molar-refractivity contribution < 1.29 is 13.2 Å². The summed E-state index contributed by atoms with van der Waals surface area (Å²) in [6.45, 7) is 12.1. The molecule has 4 rings (SSSR count). The highest BCUT2D eigenvalue weighted by molar-refractivity contribution is 7.89. The fourth-order valence-corrected chi connectivity index (χ4v) is 6.91. The average Bonchev–Trinajstić information content (AvgIpc) is 3.45. The summed E-state index contributed by atoms with van der Waals surface area (Å²) in [6, 6.07) is 6.42. The van der Waals surface area contributed by atoms with Crippen molar-refractivity contribution in [2.45, 2.75) is 58.4 Å². The summed E-state index contributed by atoms with van der Waals surface area (Å²) in [4.78, 5) is 15.5. The van der Waals surface area contributed by atoms with Crippen molar-refractivity contribution in [2.24, 2.45) is 0 Å². The molecule has 1 aromatic heterocycles. The first-order chi connectivity index (χ1) is 14.6. The van der Waals surface area contributed by atoms with Crippen LogP contribution in [0, 0.1) is 34.6 Å². The number of Topliss-reactive ketones (excluding diaryl/α,β-unsaturated/α-hetero) is 1. The summed E-state index contributed by atoms with van der Waals surface area (Å²) < 4.78 is 30.4. The van der Waals surface area contributed by atoms with Crippen LogP contribution in [0.3, 0.4) is 0 Å². The second-order valence-electron chi connectivity index (χ2n) is 9.22. The molecule has 2 heterocycles. The highest BCUT2D eigenvalue weighted by atomic mass is 32.2. The fourth-order valence-electron chi connectivity index (χ4n) is 5.07. The van der Waals surface area contributed by atoms with Crippen LogP contribution in [0.15, 0.2) is 23.1 Å². The molecule has 6 nitrogen and oxygen atoms in total. The number of benzene rings is 1. The Bertz CT molecular complexity index is 1100. The first-order valence-corrected chi connectivity index (χ1v) is 12.6. The van der Waals surface area contributed by atoms with E-state index in [4.69, 9.17) is 0 Å². The number of aryl methyl sites for hydroxylation is 4. The number of hydrogen-bond donors (Lipinski definition) is 0. The van der Waals surface area contributed by atoms with Crippen LogP contribution in [-0.2, 0) is 10.0 Å². The Balaban J connectivity index is 1.42. The van der Waals surface area contributed by atoms with Gasteiger partial charge in [0.25, 0.3) is 0 Å². The lowest BCUT2D eigenvalue weighted by atomic mass is 10.1. The Morgan fingerprint density at radius 2 is 1.52 bits per heavy atom. The molecule has 1 aliphatic heterocycles. The Kier molecular flexibility index (Phi) is 5.87. The summed E-state index contributed by atoms with van der Waals surface area (Å²) >= 11 is 0. The summed E-state index contributed by atoms with van der Waals surface area (Å²) in [5, 5.41) is 0. The third-order valence-corrected chi connectivity index (χ3v) is 8.80. The molecule has 2 fully saturated rings. The smallest absolute Gasteiger partial charge is 0.243 e. The predicted octanol–water partition coefficient (Wildman–Crippen LogP) is 3.55. The van der Waals surface area contributed by atoms with Crippen LogP contribution in [0.1, 0.15) is 57.3 Å². The maximum absolute atomic E-state index is 13.3. The van der Waals surface area contributed by atoms with Gasteiger partial charge in [-0.3, -0.25) is 9.69 Å². The molecule has 168 valence electrons. The van der Waals surface area contributed by atoms with Crippen molar-refractivity contribution in [1.82, 2.24) is 13.8 Å². The van der Waals surface area contributed by atoms with Gasteiger partial charge in [0.15, 0.2) is 5.78 Å². The van der Waals surface area contributed by atoms with E-state index in [-0.39, 0.29) is 5.78 Å². The average molecular weight is 444 g/mol. The molecule has 0 spiro atoms. The Hall–Kier alpha value is -1.96. The molecule has 0 N–H and O–H groups in total. The van der Waals surface area contributed by atoms with Gasteiger partial charge in [0, 0.05) is 49.2 Å². The van der Waals surface area contributed by atoms with E-state index in [9.17, 15) is 13.2 Å². The van der Waals surface area contributed by atoms with Gasteiger partial charge < -0.3 is 4.57 Å². The number of hydrogen-bond acceptors (Lipinski definition) is 4. The van der Waals surface area contributed by atoms with Crippen LogP contribution in [-0.4, -0.2) is 60.7 Å². The Labute approximate surface area is 185 Å². The standard InChI is InChI=1S/C24H33N3O3S/c1-16-12-17(2)24(18(3)13-16)31(29,30)26-10-8-25(9-11-26)15-23(28)22-14-19(4)27(20(22)5)21-6-7-21/h12-14,21H,6-11,15H2,1-5H3. The quantitative estimate of drug-likeness (QED) is 0.641. The van der Waals surface area contributed by atoms with Crippen LogP contribution >= 0.6 is 0 Å². The molecule has 0 atom stereocenters. The molecule has 0 amide bonds. The highest BCUT2D eigenvalue weighted by Crippen LogP contribution is 2.38. The van der Waals surface area contributed by atoms with E-state index in [1.165, 1.54) is 12.8 Å². The SMILES string of the molecule is Cc1cc(C)c(S(=O)(=O)N2CCN(CC(=O)c3cc(C)n(C4CC4)c3C)CC2)c(C)c1. The van der Waals surface area contributed by atoms with E-state index in [2.05, 4.69) is 16.4 Å². The van der Waals surface area contributed by atoms with Crippen molar-refractivity contribution in [2.75, 3.05) is 32.7 Å². The van der Waals surface area contributed by atoms with E-state index in [0.717, 1.165) is 33.6 Å². The zero-order valence-electron chi connectivity index (χ0n) is 19.2. The van der Waals surface area contributed by atoms with Gasteiger partial charge in [0.05, 0.1) is 11.4 Å². The third-order valence-electron chi connectivity index (χ3n) is 6.60. The van der Waals surface area contributed by atoms with E-state index in [1.807, 2.05) is 45.9 Å². The minimum absolute atomic E-state index is 0.126. The molecule has 1 saturated carbocycles. The van der Waals surface area contributed by atoms with Crippen LogP contribution in [0.5, 0.6) is 0 Å². The van der Waals surface area contributed by atoms with E-state index >= 15 is 0 Å². The minimum Gasteiger partial charge on any atom is -0.345 e. The molecular weight excluding hydrogens is 410 g/mol. The third kappa shape index (κ3) is 4.23. The second-order valence-corrected chi connectivity index (χ2v) is 11.1. The van der Waals surface area contributed by atoms with Crippen LogP contribution in [0.4, 0.5) is 0 Å². The molecule has 0 radical (unpaired) electrons. The van der Waals surface area contributed by atoms with Crippen LogP contribution < -0.4 is 0 Å². The van der Waals surface area contributed by atoms with Gasteiger partial charge in [-0.1, -0.05) is 17.7 Å². The highest BCUT2D eigenvalue weighted by Gasteiger charge is 2.32. The van der Waals surface area contributed by atoms with Crippen molar-refractivity contribution in [1.29, 1.82) is 0 Å². The summed E-state index contributed by atoms with van der Waals surface area (Å²) in [6.07, 6.45) is 2.39. The minimum atomic E-state index is -3.54. The van der Waals surface area contributed by atoms with Crippen molar-refractivity contribution in [3.8, 4) is 0 Å². The van der Waals surface area contributed by atoms with E-state index < -0.39 is 10.0 Å². The molecule has 2 aromatic rings. The number of piperazine rings is 1. The Morgan fingerprint density at radius 3 is 2.06 bits per heavy atom. The van der Waals surface area contributed by atoms with E-state index in [0.29, 0.717) is 43.7 Å². The summed E-state index contributed by atoms with van der Waals surface area (Å²) in [5.41, 5.74) is 5.69. The normalized spacial score (nSPS) is 18.5. The number of sulfonamides is 1. The molecule has 2 aliphatic rings.